The monoisotopic (exact) mass is 1750 g/mol. The number of Topliss-reactive ketones (excluding diaryl/α,β-unsaturated/α-hetero) is 3. The molecule has 15 aromatic rings. The smallest absolute Gasteiger partial charge is 0.270 e. The highest BCUT2D eigenvalue weighted by Gasteiger charge is 2.36. The van der Waals surface area contributed by atoms with Gasteiger partial charge in [-0.25, -0.2) is 54.5 Å². The van der Waals surface area contributed by atoms with Crippen molar-refractivity contribution in [3.63, 3.8) is 0 Å². The van der Waals surface area contributed by atoms with Crippen LogP contribution in [0.25, 0.3) is 66.5 Å². The van der Waals surface area contributed by atoms with E-state index in [1.165, 1.54) is 81.4 Å². The minimum atomic E-state index is -1.17. The van der Waals surface area contributed by atoms with Gasteiger partial charge < -0.3 is 56.3 Å². The molecule has 3 aromatic heterocycles. The fourth-order valence-electron chi connectivity index (χ4n) is 15.5. The topological polar surface area (TPSA) is 259 Å². The quantitative estimate of drug-likeness (QED) is 0.0402. The van der Waals surface area contributed by atoms with Gasteiger partial charge >= 0.3 is 0 Å². The Morgan fingerprint density at radius 3 is 0.992 bits per heavy atom. The SMILES string of the molecule is COCCn1c(Cc2c(F)cc(-c3cccc4c3OC(c3ccc(C#N)cc3F)O4)cc2F)nc2ccc(C(C)=O)cc21.COCCn1c(Cc2c(F)cc(-c3cccc4c3O[C@H](c3ccc(C#N)cc3F)O4)cc2F)nc2ccc(C(C)=O)cc21.COCCn1c(Cc2cc(F)c(-c3cccc4c3O[C@H](c3ccc(C#N)cc3F)O4)cc2F)nc2ccc(C(C)=O)cc21. The summed E-state index contributed by atoms with van der Waals surface area (Å²) in [6.07, 6.45) is -3.73. The molecule has 3 aliphatic rings. The summed E-state index contributed by atoms with van der Waals surface area (Å²) >= 11 is 0. The highest BCUT2D eigenvalue weighted by Crippen LogP contribution is 2.51. The highest BCUT2D eigenvalue weighted by atomic mass is 19.2. The fraction of sp³-hybridized carbons (Fsp3) is 0.182. The first-order valence-corrected chi connectivity index (χ1v) is 40.2. The first-order valence-electron chi connectivity index (χ1n) is 40.2. The maximum atomic E-state index is 15.7. The Kier molecular flexibility index (Phi) is 25.0. The predicted octanol–water partition coefficient (Wildman–Crippen LogP) is 20.7. The van der Waals surface area contributed by atoms with Crippen LogP contribution in [0, 0.1) is 86.3 Å². The van der Waals surface area contributed by atoms with Gasteiger partial charge in [-0.05, 0) is 201 Å². The Morgan fingerprint density at radius 1 is 0.349 bits per heavy atom. The number of fused-ring (bicyclic) bond motifs is 6. The molecule has 0 amide bonds. The molecule has 6 heterocycles. The van der Waals surface area contributed by atoms with Gasteiger partial charge in [0, 0.05) is 110 Å². The minimum Gasteiger partial charge on any atom is -0.447 e. The van der Waals surface area contributed by atoms with E-state index in [2.05, 4.69) is 15.0 Å². The van der Waals surface area contributed by atoms with Crippen molar-refractivity contribution in [2.24, 2.45) is 0 Å². The number of ketones is 3. The zero-order valence-corrected chi connectivity index (χ0v) is 69.5. The van der Waals surface area contributed by atoms with Crippen LogP contribution in [0.15, 0.2) is 200 Å². The van der Waals surface area contributed by atoms with E-state index in [0.29, 0.717) is 118 Å². The lowest BCUT2D eigenvalue weighted by molar-refractivity contribution is 0.0453. The van der Waals surface area contributed by atoms with Crippen LogP contribution in [-0.2, 0) is 53.1 Å². The largest absolute Gasteiger partial charge is 0.447 e. The highest BCUT2D eigenvalue weighted by molar-refractivity contribution is 5.99. The van der Waals surface area contributed by atoms with E-state index >= 15 is 26.3 Å². The Bertz CT molecular complexity index is 6850. The van der Waals surface area contributed by atoms with Crippen molar-refractivity contribution in [2.45, 2.75) is 78.5 Å². The predicted molar refractivity (Wildman–Crippen MR) is 454 cm³/mol. The van der Waals surface area contributed by atoms with Gasteiger partial charge in [0.15, 0.2) is 51.8 Å². The van der Waals surface area contributed by atoms with Gasteiger partial charge in [0.2, 0.25) is 0 Å². The van der Waals surface area contributed by atoms with Gasteiger partial charge in [-0.1, -0.05) is 36.4 Å². The molecule has 0 saturated carbocycles. The lowest BCUT2D eigenvalue weighted by Crippen LogP contribution is -2.11. The average Bonchev–Trinajstić information content (AvgIpc) is 1.67. The molecule has 0 aliphatic carbocycles. The lowest BCUT2D eigenvalue weighted by Gasteiger charge is -2.13. The van der Waals surface area contributed by atoms with Crippen LogP contribution in [0.4, 0.5) is 39.5 Å². The number of nitrogens with zero attached hydrogens (tertiary/aromatic N) is 9. The molecule has 18 rings (SSSR count). The van der Waals surface area contributed by atoms with Gasteiger partial charge in [0.25, 0.3) is 18.9 Å². The molecule has 3 aliphatic heterocycles. The molecule has 1 unspecified atom stereocenters. The number of benzene rings is 12. The summed E-state index contributed by atoms with van der Waals surface area (Å²) in [6.45, 7) is 6.58. The Labute approximate surface area is 730 Å². The second-order valence-electron chi connectivity index (χ2n) is 30.2. The van der Waals surface area contributed by atoms with E-state index in [-0.39, 0.29) is 143 Å². The number of aromatic nitrogens is 6. The van der Waals surface area contributed by atoms with E-state index in [1.807, 2.05) is 22.8 Å². The summed E-state index contributed by atoms with van der Waals surface area (Å²) in [5.41, 5.74) is 7.12. The van der Waals surface area contributed by atoms with Crippen LogP contribution in [0.3, 0.4) is 0 Å². The molecule has 3 atom stereocenters. The van der Waals surface area contributed by atoms with Crippen LogP contribution >= 0.6 is 0 Å². The first-order chi connectivity index (χ1) is 62.3. The molecule has 648 valence electrons. The van der Waals surface area contributed by atoms with Crippen molar-refractivity contribution in [1.29, 1.82) is 15.8 Å². The number of carbonyl (C=O) groups excluding carboxylic acids is 3. The number of ether oxygens (including phenoxy) is 9. The van der Waals surface area contributed by atoms with Crippen molar-refractivity contribution >= 4 is 50.4 Å². The van der Waals surface area contributed by atoms with Gasteiger partial charge in [-0.15, -0.1) is 0 Å². The number of carbonyl (C=O) groups is 3. The van der Waals surface area contributed by atoms with E-state index in [9.17, 15) is 27.6 Å². The molecule has 12 aromatic carbocycles. The number of hydrogen-bond acceptors (Lipinski definition) is 18. The van der Waals surface area contributed by atoms with Gasteiger partial charge in [0.05, 0.1) is 105 Å². The molecule has 0 radical (unpaired) electrons. The van der Waals surface area contributed by atoms with Crippen molar-refractivity contribution in [3.8, 4) is 86.1 Å². The van der Waals surface area contributed by atoms with Crippen molar-refractivity contribution in [3.05, 3.63) is 337 Å². The van der Waals surface area contributed by atoms with Gasteiger partial charge in [-0.3, -0.25) is 14.4 Å². The first kappa shape index (κ1) is 87.1. The number of methoxy groups -OCH3 is 3. The molecule has 0 fully saturated rings. The zero-order chi connectivity index (χ0) is 90.7. The molecule has 0 saturated heterocycles. The molecule has 0 spiro atoms. The lowest BCUT2D eigenvalue weighted by atomic mass is 10.00. The molecule has 129 heavy (non-hydrogen) atoms. The molecule has 0 bridgehead atoms. The Morgan fingerprint density at radius 2 is 0.674 bits per heavy atom. The summed E-state index contributed by atoms with van der Waals surface area (Å²) in [6, 6.07) is 54.3. The fourth-order valence-corrected chi connectivity index (χ4v) is 15.5. The maximum absolute atomic E-state index is 15.7. The number of nitriles is 3. The van der Waals surface area contributed by atoms with E-state index < -0.39 is 71.2 Å². The Balaban J connectivity index is 0.000000142. The summed E-state index contributed by atoms with van der Waals surface area (Å²) in [4.78, 5) is 49.7. The zero-order valence-electron chi connectivity index (χ0n) is 69.5. The number of rotatable bonds is 24. The minimum absolute atomic E-state index is 0.0105. The maximum Gasteiger partial charge on any atom is 0.270 e. The summed E-state index contributed by atoms with van der Waals surface area (Å²) < 4.78 is 194. The molecule has 0 N–H and O–H groups in total. The second-order valence-corrected chi connectivity index (χ2v) is 30.2. The molecule has 30 heteroatoms. The normalized spacial score (nSPS) is 13.8. The van der Waals surface area contributed by atoms with E-state index in [0.717, 1.165) is 30.3 Å². The summed E-state index contributed by atoms with van der Waals surface area (Å²) in [7, 11) is 4.66. The average molecular weight is 1750 g/mol. The second kappa shape index (κ2) is 37.0. The van der Waals surface area contributed by atoms with Crippen molar-refractivity contribution in [2.75, 3.05) is 41.2 Å². The van der Waals surface area contributed by atoms with Crippen molar-refractivity contribution < 1.29 is 96.5 Å². The van der Waals surface area contributed by atoms with Crippen LogP contribution in [0.1, 0.15) is 138 Å². The third-order valence-corrected chi connectivity index (χ3v) is 22.1. The van der Waals surface area contributed by atoms with Gasteiger partial charge in [-0.2, -0.15) is 15.8 Å². The van der Waals surface area contributed by atoms with Crippen LogP contribution < -0.4 is 28.4 Å². The van der Waals surface area contributed by atoms with E-state index in [1.54, 1.807) is 140 Å². The van der Waals surface area contributed by atoms with E-state index in [4.69, 9.17) is 58.4 Å². The number of para-hydroxylation sites is 3. The van der Waals surface area contributed by atoms with Crippen LogP contribution in [0.5, 0.6) is 34.5 Å². The number of hydrogen-bond donors (Lipinski definition) is 0. The van der Waals surface area contributed by atoms with Crippen molar-refractivity contribution in [1.82, 2.24) is 28.7 Å². The molecular weight excluding hydrogens is 1680 g/mol. The standard InChI is InChI=1S/3C33H24F3N3O4/c2*1-18(40)20-7-9-28-29(15-20)39(10-11-41-2)31(38-28)16-24-26(35)13-21(14-27(24)36)22-4-3-5-30-32(22)43-33(42-30)23-8-6-19(17-37)12-25(23)34;1-18(40)20-7-9-28-29(14-20)39(10-11-41-2)31(38-28)15-21-13-27(36)24(16-25(21)34)22-4-3-5-30-32(22)43-33(42-30)23-8-6-19(17-37)12-26(23)35/h2*3-9,12-15,33H,10-11,16H2,1-2H3;3-9,12-14,16,33H,10-11,15H2,1-2H3/t33-;;33-/m1.1/s1. The summed E-state index contributed by atoms with van der Waals surface area (Å²) in [5.74, 6) is -4.10. The third-order valence-electron chi connectivity index (χ3n) is 22.1. The van der Waals surface area contributed by atoms with Gasteiger partial charge in [0.1, 0.15) is 69.8 Å². The van der Waals surface area contributed by atoms with Crippen LogP contribution in [0.2, 0.25) is 0 Å². The number of halogens is 9. The third kappa shape index (κ3) is 17.7. The molecular formula is C99H72F9N9O12. The van der Waals surface area contributed by atoms with Crippen LogP contribution in [-0.4, -0.2) is 87.2 Å². The molecule has 21 nitrogen and oxygen atoms in total. The Hall–Kier alpha value is -15.4. The number of imidazole rings is 3. The summed E-state index contributed by atoms with van der Waals surface area (Å²) in [5, 5.41) is 27.1.